The van der Waals surface area contributed by atoms with Gasteiger partial charge in [0, 0.05) is 27.0 Å². The van der Waals surface area contributed by atoms with Crippen molar-refractivity contribution in [1.82, 2.24) is 4.90 Å². The van der Waals surface area contributed by atoms with Crippen LogP contribution in [0.1, 0.15) is 13.3 Å². The topological polar surface area (TPSA) is 55.8 Å². The lowest BCUT2D eigenvalue weighted by molar-refractivity contribution is -0.186. The molecule has 1 aliphatic rings. The van der Waals surface area contributed by atoms with Crippen molar-refractivity contribution in [3.63, 3.8) is 0 Å². The molecule has 0 N–H and O–H groups in total. The smallest absolute Gasteiger partial charge is 0.302 e. The van der Waals surface area contributed by atoms with Gasteiger partial charge in [-0.05, 0) is 4.48 Å². The number of amides is 1. The zero-order valence-corrected chi connectivity index (χ0v) is 12.7. The standard InChI is InChI=1S/C13H18BrNO4/c1-5-6-15-11(12(18-4)13(15)17)10(7-8(2)14)19-9(3)16/h5,10-12H,1-2,6-7H2,3-4H3. The number of likely N-dealkylation sites (tertiary alicyclic amines) is 1. The van der Waals surface area contributed by atoms with Gasteiger partial charge in [0.2, 0.25) is 0 Å². The summed E-state index contributed by atoms with van der Waals surface area (Å²) in [5, 5.41) is 0. The summed E-state index contributed by atoms with van der Waals surface area (Å²) in [7, 11) is 1.47. The third kappa shape index (κ3) is 3.67. The van der Waals surface area contributed by atoms with E-state index in [1.807, 2.05) is 0 Å². The van der Waals surface area contributed by atoms with Crippen LogP contribution >= 0.6 is 15.9 Å². The maximum atomic E-state index is 11.8. The van der Waals surface area contributed by atoms with Crippen molar-refractivity contribution in [2.75, 3.05) is 13.7 Å². The number of hydrogen-bond donors (Lipinski definition) is 0. The fourth-order valence-corrected chi connectivity index (χ4v) is 2.51. The van der Waals surface area contributed by atoms with E-state index >= 15 is 0 Å². The van der Waals surface area contributed by atoms with Gasteiger partial charge in [-0.1, -0.05) is 28.6 Å². The van der Waals surface area contributed by atoms with E-state index in [1.165, 1.54) is 14.0 Å². The summed E-state index contributed by atoms with van der Waals surface area (Å²) in [4.78, 5) is 24.6. The molecule has 0 aromatic heterocycles. The van der Waals surface area contributed by atoms with Crippen molar-refractivity contribution >= 4 is 27.8 Å². The van der Waals surface area contributed by atoms with Gasteiger partial charge in [-0.15, -0.1) is 6.58 Å². The van der Waals surface area contributed by atoms with Crippen LogP contribution in [0.25, 0.3) is 0 Å². The number of hydrogen-bond acceptors (Lipinski definition) is 4. The van der Waals surface area contributed by atoms with E-state index in [2.05, 4.69) is 29.1 Å². The molecule has 0 radical (unpaired) electrons. The van der Waals surface area contributed by atoms with Crippen LogP contribution in [-0.2, 0) is 19.1 Å². The molecule has 0 spiro atoms. The molecule has 106 valence electrons. The second kappa shape index (κ2) is 6.86. The van der Waals surface area contributed by atoms with Crippen LogP contribution in [-0.4, -0.2) is 48.7 Å². The van der Waals surface area contributed by atoms with Crippen molar-refractivity contribution in [3.8, 4) is 0 Å². The number of nitrogens with zero attached hydrogens (tertiary/aromatic N) is 1. The summed E-state index contributed by atoms with van der Waals surface area (Å²) < 4.78 is 11.2. The van der Waals surface area contributed by atoms with E-state index in [9.17, 15) is 9.59 Å². The van der Waals surface area contributed by atoms with Crippen molar-refractivity contribution in [2.24, 2.45) is 0 Å². The average Bonchev–Trinajstić information content (AvgIpc) is 2.30. The molecular weight excluding hydrogens is 314 g/mol. The summed E-state index contributed by atoms with van der Waals surface area (Å²) in [5.41, 5.74) is 0. The summed E-state index contributed by atoms with van der Waals surface area (Å²) in [6.07, 6.45) is 0.985. The molecule has 0 bridgehead atoms. The molecule has 1 amide bonds. The third-order valence-corrected chi connectivity index (χ3v) is 3.22. The van der Waals surface area contributed by atoms with E-state index in [4.69, 9.17) is 9.47 Å². The molecular formula is C13H18BrNO4. The van der Waals surface area contributed by atoms with Crippen LogP contribution < -0.4 is 0 Å². The Morgan fingerprint density at radius 2 is 2.26 bits per heavy atom. The Kier molecular flexibility index (Phi) is 5.75. The molecule has 19 heavy (non-hydrogen) atoms. The lowest BCUT2D eigenvalue weighted by Crippen LogP contribution is -2.69. The van der Waals surface area contributed by atoms with Crippen molar-refractivity contribution in [3.05, 3.63) is 23.7 Å². The lowest BCUT2D eigenvalue weighted by atomic mass is 9.90. The normalized spacial score (nSPS) is 23.5. The van der Waals surface area contributed by atoms with Crippen molar-refractivity contribution in [2.45, 2.75) is 31.6 Å². The van der Waals surface area contributed by atoms with Gasteiger partial charge in [-0.25, -0.2) is 0 Å². The largest absolute Gasteiger partial charge is 0.460 e. The van der Waals surface area contributed by atoms with Crippen LogP contribution in [0.2, 0.25) is 0 Å². The van der Waals surface area contributed by atoms with Gasteiger partial charge >= 0.3 is 5.97 Å². The lowest BCUT2D eigenvalue weighted by Gasteiger charge is -2.48. The molecule has 1 saturated heterocycles. The predicted octanol–water partition coefficient (Wildman–Crippen LogP) is 1.63. The van der Waals surface area contributed by atoms with Gasteiger partial charge in [0.25, 0.3) is 5.91 Å². The minimum absolute atomic E-state index is 0.121. The highest BCUT2D eigenvalue weighted by atomic mass is 79.9. The maximum Gasteiger partial charge on any atom is 0.302 e. The Bertz CT molecular complexity index is 380. The maximum absolute atomic E-state index is 11.8. The quantitative estimate of drug-likeness (QED) is 0.404. The second-order valence-electron chi connectivity index (χ2n) is 4.30. The van der Waals surface area contributed by atoms with Gasteiger partial charge < -0.3 is 14.4 Å². The first-order chi connectivity index (χ1) is 8.92. The monoisotopic (exact) mass is 331 g/mol. The van der Waals surface area contributed by atoms with E-state index in [0.717, 1.165) is 0 Å². The van der Waals surface area contributed by atoms with Gasteiger partial charge in [-0.2, -0.15) is 0 Å². The van der Waals surface area contributed by atoms with Crippen molar-refractivity contribution < 1.29 is 19.1 Å². The highest BCUT2D eigenvalue weighted by Gasteiger charge is 2.52. The summed E-state index contributed by atoms with van der Waals surface area (Å²) in [6.45, 7) is 9.10. The van der Waals surface area contributed by atoms with E-state index < -0.39 is 18.2 Å². The Hall–Kier alpha value is -1.14. The van der Waals surface area contributed by atoms with E-state index in [1.54, 1.807) is 11.0 Å². The Morgan fingerprint density at radius 1 is 1.63 bits per heavy atom. The van der Waals surface area contributed by atoms with Gasteiger partial charge in [-0.3, -0.25) is 9.59 Å². The van der Waals surface area contributed by atoms with Crippen LogP contribution in [0, 0.1) is 0 Å². The molecule has 3 unspecified atom stereocenters. The number of rotatable bonds is 7. The Balaban J connectivity index is 2.89. The third-order valence-electron chi connectivity index (χ3n) is 2.90. The van der Waals surface area contributed by atoms with E-state index in [-0.39, 0.29) is 11.9 Å². The van der Waals surface area contributed by atoms with Gasteiger partial charge in [0.1, 0.15) is 12.1 Å². The number of carbonyl (C=O) groups excluding carboxylic acids is 2. The van der Waals surface area contributed by atoms with Crippen molar-refractivity contribution in [1.29, 1.82) is 0 Å². The molecule has 0 aliphatic carbocycles. The molecule has 0 aromatic carbocycles. The SMILES string of the molecule is C=CCN1C(=O)C(OC)C1C(CC(=C)Br)OC(C)=O. The first kappa shape index (κ1) is 15.9. The molecule has 5 nitrogen and oxygen atoms in total. The van der Waals surface area contributed by atoms with Crippen LogP contribution in [0.3, 0.4) is 0 Å². The number of halogens is 1. The number of β-lactam (4-membered cyclic amide) rings is 1. The molecule has 1 fully saturated rings. The fourth-order valence-electron chi connectivity index (χ4n) is 2.19. The summed E-state index contributed by atoms with van der Waals surface area (Å²) in [5.74, 6) is -0.517. The highest BCUT2D eigenvalue weighted by molar-refractivity contribution is 9.11. The first-order valence-electron chi connectivity index (χ1n) is 5.87. The molecule has 6 heteroatoms. The average molecular weight is 332 g/mol. The van der Waals surface area contributed by atoms with E-state index in [0.29, 0.717) is 17.4 Å². The minimum atomic E-state index is -0.587. The van der Waals surface area contributed by atoms with Gasteiger partial charge in [0.15, 0.2) is 6.10 Å². The zero-order chi connectivity index (χ0) is 14.6. The molecule has 3 atom stereocenters. The van der Waals surface area contributed by atoms with Crippen LogP contribution in [0.4, 0.5) is 0 Å². The minimum Gasteiger partial charge on any atom is -0.460 e. The van der Waals surface area contributed by atoms with Crippen LogP contribution in [0.15, 0.2) is 23.7 Å². The molecule has 1 heterocycles. The summed E-state index contributed by atoms with van der Waals surface area (Å²) in [6, 6.07) is -0.311. The number of methoxy groups -OCH3 is 1. The summed E-state index contributed by atoms with van der Waals surface area (Å²) >= 11 is 3.25. The highest BCUT2D eigenvalue weighted by Crippen LogP contribution is 2.30. The second-order valence-corrected chi connectivity index (χ2v) is 5.42. The molecule has 1 rings (SSSR count). The fraction of sp³-hybridized carbons (Fsp3) is 0.538. The van der Waals surface area contributed by atoms with Crippen LogP contribution in [0.5, 0.6) is 0 Å². The number of ether oxygens (including phenoxy) is 2. The number of carbonyl (C=O) groups is 2. The van der Waals surface area contributed by atoms with Gasteiger partial charge in [0.05, 0.1) is 0 Å². The predicted molar refractivity (Wildman–Crippen MR) is 74.7 cm³/mol. The Labute approximate surface area is 121 Å². The molecule has 0 aromatic rings. The number of esters is 1. The Morgan fingerprint density at radius 3 is 2.68 bits per heavy atom. The first-order valence-corrected chi connectivity index (χ1v) is 6.66. The molecule has 0 saturated carbocycles. The zero-order valence-electron chi connectivity index (χ0n) is 11.1. The molecule has 1 aliphatic heterocycles.